The normalized spacial score (nSPS) is 30.4. The number of hydrogen-bond donors (Lipinski definition) is 1. The summed E-state index contributed by atoms with van der Waals surface area (Å²) in [5, 5.41) is 3.07. The van der Waals surface area contributed by atoms with Crippen molar-refractivity contribution in [3.8, 4) is 0 Å². The van der Waals surface area contributed by atoms with E-state index in [9.17, 15) is 0 Å². The predicted octanol–water partition coefficient (Wildman–Crippen LogP) is -0.260. The molecule has 1 fully saturated rings. The second-order valence-electron chi connectivity index (χ2n) is 1.62. The van der Waals surface area contributed by atoms with Crippen molar-refractivity contribution in [3.05, 3.63) is 6.61 Å². The average Bonchev–Trinajstić information content (AvgIpc) is 1.90. The molecule has 0 amide bonds. The van der Waals surface area contributed by atoms with Crippen molar-refractivity contribution in [2.75, 3.05) is 20.3 Å². The van der Waals surface area contributed by atoms with Gasteiger partial charge in [0.15, 0.2) is 0 Å². The second-order valence-corrected chi connectivity index (χ2v) is 1.62. The molecule has 8 heavy (non-hydrogen) atoms. The van der Waals surface area contributed by atoms with E-state index in [4.69, 9.17) is 9.47 Å². The smallest absolute Gasteiger partial charge is 0.137 e. The van der Waals surface area contributed by atoms with E-state index in [1.165, 1.54) is 0 Å². The molecule has 1 atom stereocenters. The summed E-state index contributed by atoms with van der Waals surface area (Å²) in [7, 11) is 1.64. The number of methoxy groups -OCH3 is 1. The fraction of sp³-hybridized carbons (Fsp3) is 0.800. The van der Waals surface area contributed by atoms with Gasteiger partial charge in [-0.1, -0.05) is 0 Å². The van der Waals surface area contributed by atoms with Gasteiger partial charge in [0.1, 0.15) is 12.8 Å². The molecule has 0 aromatic heterocycles. The van der Waals surface area contributed by atoms with Crippen molar-refractivity contribution < 1.29 is 9.47 Å². The van der Waals surface area contributed by atoms with Crippen molar-refractivity contribution in [3.63, 3.8) is 0 Å². The molecule has 47 valence electrons. The topological polar surface area (TPSA) is 30.5 Å². The van der Waals surface area contributed by atoms with Crippen LogP contribution in [0.15, 0.2) is 0 Å². The van der Waals surface area contributed by atoms with Crippen LogP contribution in [0.25, 0.3) is 0 Å². The summed E-state index contributed by atoms with van der Waals surface area (Å²) < 4.78 is 9.86. The highest BCUT2D eigenvalue weighted by molar-refractivity contribution is 4.69. The Morgan fingerprint density at radius 2 is 2.75 bits per heavy atom. The molecule has 0 aromatic carbocycles. The van der Waals surface area contributed by atoms with Crippen LogP contribution in [-0.2, 0) is 9.47 Å². The molecule has 3 heteroatoms. The lowest BCUT2D eigenvalue weighted by atomic mass is 10.5. The first-order valence-electron chi connectivity index (χ1n) is 2.64. The zero-order valence-corrected chi connectivity index (χ0v) is 4.89. The summed E-state index contributed by atoms with van der Waals surface area (Å²) in [6.45, 7) is 3.28. The van der Waals surface area contributed by atoms with Gasteiger partial charge in [-0.2, -0.15) is 0 Å². The van der Waals surface area contributed by atoms with Gasteiger partial charge in [0, 0.05) is 13.7 Å². The molecule has 0 aromatic rings. The highest BCUT2D eigenvalue weighted by atomic mass is 16.5. The van der Waals surface area contributed by atoms with Crippen LogP contribution in [0.1, 0.15) is 0 Å². The molecule has 0 spiro atoms. The van der Waals surface area contributed by atoms with Crippen LogP contribution in [-0.4, -0.2) is 26.5 Å². The quantitative estimate of drug-likeness (QED) is 0.512. The van der Waals surface area contributed by atoms with Crippen LogP contribution in [0.3, 0.4) is 0 Å². The van der Waals surface area contributed by atoms with Crippen molar-refractivity contribution in [2.45, 2.75) is 6.23 Å². The van der Waals surface area contributed by atoms with Gasteiger partial charge in [-0.15, -0.1) is 0 Å². The summed E-state index contributed by atoms with van der Waals surface area (Å²) in [6.07, 6.45) is -0.0104. The third-order valence-corrected chi connectivity index (χ3v) is 1.04. The van der Waals surface area contributed by atoms with Crippen LogP contribution < -0.4 is 5.32 Å². The first-order valence-corrected chi connectivity index (χ1v) is 2.64. The van der Waals surface area contributed by atoms with Crippen molar-refractivity contribution >= 4 is 0 Å². The highest BCUT2D eigenvalue weighted by Gasteiger charge is 2.10. The van der Waals surface area contributed by atoms with E-state index in [0.29, 0.717) is 0 Å². The SMILES string of the molecule is COC1[CH]OCCN1. The van der Waals surface area contributed by atoms with Gasteiger partial charge in [0.25, 0.3) is 0 Å². The third-order valence-electron chi connectivity index (χ3n) is 1.04. The summed E-state index contributed by atoms with van der Waals surface area (Å²) in [5.74, 6) is 0. The summed E-state index contributed by atoms with van der Waals surface area (Å²) in [5.41, 5.74) is 0. The van der Waals surface area contributed by atoms with Gasteiger partial charge in [0.2, 0.25) is 0 Å². The zero-order valence-electron chi connectivity index (χ0n) is 4.89. The Kier molecular flexibility index (Phi) is 2.27. The van der Waals surface area contributed by atoms with E-state index in [1.807, 2.05) is 0 Å². The van der Waals surface area contributed by atoms with Gasteiger partial charge >= 0.3 is 0 Å². The van der Waals surface area contributed by atoms with Crippen LogP contribution in [0.4, 0.5) is 0 Å². The zero-order chi connectivity index (χ0) is 5.82. The largest absolute Gasteiger partial charge is 0.370 e. The molecule has 1 heterocycles. The molecule has 3 nitrogen and oxygen atoms in total. The molecule has 1 saturated heterocycles. The average molecular weight is 116 g/mol. The van der Waals surface area contributed by atoms with Crippen LogP contribution in [0.5, 0.6) is 0 Å². The van der Waals surface area contributed by atoms with E-state index in [2.05, 4.69) is 5.32 Å². The predicted molar refractivity (Wildman–Crippen MR) is 29.1 cm³/mol. The number of hydrogen-bond acceptors (Lipinski definition) is 3. The Hall–Kier alpha value is -0.120. The number of rotatable bonds is 1. The molecular weight excluding hydrogens is 106 g/mol. The fourth-order valence-corrected chi connectivity index (χ4v) is 0.603. The van der Waals surface area contributed by atoms with Gasteiger partial charge in [-0.3, -0.25) is 5.32 Å². The molecule has 1 unspecified atom stereocenters. The monoisotopic (exact) mass is 116 g/mol. The highest BCUT2D eigenvalue weighted by Crippen LogP contribution is 1.96. The molecule has 0 aliphatic carbocycles. The Labute approximate surface area is 49.0 Å². The minimum Gasteiger partial charge on any atom is -0.370 e. The molecule has 0 saturated carbocycles. The maximum atomic E-state index is 4.96. The summed E-state index contributed by atoms with van der Waals surface area (Å²) >= 11 is 0. The number of morpholine rings is 1. The van der Waals surface area contributed by atoms with Gasteiger partial charge in [-0.25, -0.2) is 0 Å². The Morgan fingerprint density at radius 3 is 3.12 bits per heavy atom. The standard InChI is InChI=1S/C5H10NO2/c1-7-5-4-8-3-2-6-5/h4-6H,2-3H2,1H3. The lowest BCUT2D eigenvalue weighted by Crippen LogP contribution is -2.39. The maximum Gasteiger partial charge on any atom is 0.137 e. The first kappa shape index (κ1) is 6.01. The lowest BCUT2D eigenvalue weighted by molar-refractivity contribution is 0.00336. The number of nitrogens with one attached hydrogen (secondary N) is 1. The minimum absolute atomic E-state index is 0.0104. The Balaban J connectivity index is 2.13. The van der Waals surface area contributed by atoms with Crippen molar-refractivity contribution in [1.29, 1.82) is 0 Å². The minimum atomic E-state index is -0.0104. The molecule has 1 rings (SSSR count). The van der Waals surface area contributed by atoms with Crippen molar-refractivity contribution in [1.82, 2.24) is 5.32 Å². The molecule has 0 bridgehead atoms. The molecule has 1 aliphatic heterocycles. The van der Waals surface area contributed by atoms with Gasteiger partial charge in [0.05, 0.1) is 6.61 Å². The molecule has 1 aliphatic rings. The molecule has 1 radical (unpaired) electrons. The fourth-order valence-electron chi connectivity index (χ4n) is 0.603. The maximum absolute atomic E-state index is 4.96. The summed E-state index contributed by atoms with van der Waals surface area (Å²) in [4.78, 5) is 0. The van der Waals surface area contributed by atoms with E-state index in [1.54, 1.807) is 13.7 Å². The first-order chi connectivity index (χ1) is 3.93. The number of ether oxygens (including phenoxy) is 2. The Bertz CT molecular complexity index is 61.4. The van der Waals surface area contributed by atoms with E-state index < -0.39 is 0 Å². The molecule has 1 N–H and O–H groups in total. The van der Waals surface area contributed by atoms with Gasteiger partial charge in [-0.05, 0) is 0 Å². The van der Waals surface area contributed by atoms with Crippen LogP contribution in [0, 0.1) is 6.61 Å². The van der Waals surface area contributed by atoms with Crippen LogP contribution in [0.2, 0.25) is 0 Å². The van der Waals surface area contributed by atoms with E-state index in [0.717, 1.165) is 13.2 Å². The van der Waals surface area contributed by atoms with E-state index in [-0.39, 0.29) is 6.23 Å². The van der Waals surface area contributed by atoms with Gasteiger partial charge < -0.3 is 9.47 Å². The summed E-state index contributed by atoms with van der Waals surface area (Å²) in [6, 6.07) is 0. The van der Waals surface area contributed by atoms with Crippen molar-refractivity contribution in [2.24, 2.45) is 0 Å². The lowest BCUT2D eigenvalue weighted by Gasteiger charge is -2.20. The van der Waals surface area contributed by atoms with E-state index >= 15 is 0 Å². The Morgan fingerprint density at radius 1 is 1.88 bits per heavy atom. The van der Waals surface area contributed by atoms with Crippen LogP contribution >= 0.6 is 0 Å². The molecular formula is C5H10NO2. The third kappa shape index (κ3) is 1.43. The second kappa shape index (κ2) is 3.02.